The molecule has 0 unspecified atom stereocenters. The minimum Gasteiger partial charge on any atom is -0.497 e. The van der Waals surface area contributed by atoms with Crippen molar-refractivity contribution < 1.29 is 19.0 Å². The summed E-state index contributed by atoms with van der Waals surface area (Å²) >= 11 is 1.47. The molecule has 156 valence electrons. The van der Waals surface area contributed by atoms with E-state index in [1.54, 1.807) is 55.8 Å². The summed E-state index contributed by atoms with van der Waals surface area (Å²) in [6, 6.07) is 19.8. The fourth-order valence-corrected chi connectivity index (χ4v) is 3.44. The number of methoxy groups -OCH3 is 1. The monoisotopic (exact) mass is 433 g/mol. The number of rotatable bonds is 8. The first-order valence-electron chi connectivity index (χ1n) is 9.41. The molecule has 0 saturated carbocycles. The summed E-state index contributed by atoms with van der Waals surface area (Å²) in [7, 11) is 1.57. The summed E-state index contributed by atoms with van der Waals surface area (Å²) in [5.74, 6) is 1.08. The van der Waals surface area contributed by atoms with Crippen molar-refractivity contribution in [2.75, 3.05) is 19.0 Å². The zero-order chi connectivity index (χ0) is 21.5. The quantitative estimate of drug-likeness (QED) is 0.311. The highest BCUT2D eigenvalue weighted by molar-refractivity contribution is 7.14. The van der Waals surface area contributed by atoms with E-state index >= 15 is 0 Å². The minimum absolute atomic E-state index is 0.218. The molecule has 2 heterocycles. The number of benzene rings is 2. The molecule has 0 aliphatic heterocycles. The Kier molecular flexibility index (Phi) is 6.39. The Morgan fingerprint density at radius 3 is 2.65 bits per heavy atom. The molecule has 31 heavy (non-hydrogen) atoms. The van der Waals surface area contributed by atoms with Crippen molar-refractivity contribution in [3.63, 3.8) is 0 Å². The van der Waals surface area contributed by atoms with E-state index in [2.05, 4.69) is 15.3 Å². The summed E-state index contributed by atoms with van der Waals surface area (Å²) in [6.45, 7) is -0.218. The molecule has 2 aromatic carbocycles. The van der Waals surface area contributed by atoms with Gasteiger partial charge in [0.05, 0.1) is 12.8 Å². The number of carbonyl (C=O) groups is 1. The number of esters is 1. The molecular formula is C23H19N3O4S. The van der Waals surface area contributed by atoms with E-state index in [0.717, 1.165) is 17.1 Å². The van der Waals surface area contributed by atoms with Crippen LogP contribution in [0.2, 0.25) is 0 Å². The number of aromatic nitrogens is 2. The normalized spacial score (nSPS) is 10.4. The van der Waals surface area contributed by atoms with Crippen molar-refractivity contribution in [1.82, 2.24) is 9.97 Å². The Morgan fingerprint density at radius 1 is 0.968 bits per heavy atom. The van der Waals surface area contributed by atoms with Gasteiger partial charge in [0.1, 0.15) is 22.9 Å². The van der Waals surface area contributed by atoms with Gasteiger partial charge >= 0.3 is 5.97 Å². The number of nitrogens with one attached hydrogen (secondary N) is 1. The van der Waals surface area contributed by atoms with E-state index in [1.807, 2.05) is 29.6 Å². The van der Waals surface area contributed by atoms with E-state index in [4.69, 9.17) is 14.2 Å². The first-order chi connectivity index (χ1) is 15.2. The maximum atomic E-state index is 12.2. The number of anilines is 2. The minimum atomic E-state index is -0.508. The lowest BCUT2D eigenvalue weighted by Crippen LogP contribution is -2.17. The third-order valence-electron chi connectivity index (χ3n) is 4.15. The number of nitrogens with zero attached hydrogens (tertiary/aromatic N) is 2. The number of ether oxygens (including phenoxy) is 3. The molecular weight excluding hydrogens is 414 g/mol. The molecule has 0 spiro atoms. The van der Waals surface area contributed by atoms with Crippen LogP contribution in [-0.4, -0.2) is 29.7 Å². The van der Waals surface area contributed by atoms with Gasteiger partial charge in [-0.15, -0.1) is 11.3 Å². The van der Waals surface area contributed by atoms with Crippen molar-refractivity contribution in [1.29, 1.82) is 0 Å². The van der Waals surface area contributed by atoms with Gasteiger partial charge < -0.3 is 19.5 Å². The van der Waals surface area contributed by atoms with E-state index in [9.17, 15) is 4.79 Å². The Hall–Kier alpha value is -3.91. The molecule has 4 rings (SSSR count). The second-order valence-electron chi connectivity index (χ2n) is 6.35. The van der Waals surface area contributed by atoms with Gasteiger partial charge in [-0.1, -0.05) is 18.2 Å². The van der Waals surface area contributed by atoms with Crippen LogP contribution in [0.1, 0.15) is 0 Å². The van der Waals surface area contributed by atoms with Gasteiger partial charge in [0.2, 0.25) is 0 Å². The van der Waals surface area contributed by atoms with Gasteiger partial charge in [0.15, 0.2) is 11.7 Å². The smallest absolute Gasteiger partial charge is 0.349 e. The zero-order valence-corrected chi connectivity index (χ0v) is 17.5. The maximum Gasteiger partial charge on any atom is 0.349 e. The second-order valence-corrected chi connectivity index (χ2v) is 7.21. The summed E-state index contributed by atoms with van der Waals surface area (Å²) in [5.41, 5.74) is 2.36. The van der Waals surface area contributed by atoms with Gasteiger partial charge in [-0.05, 0) is 36.4 Å². The van der Waals surface area contributed by atoms with Gasteiger partial charge in [-0.2, -0.15) is 0 Å². The standard InChI is InChI=1S/C23H19N3O4S/c1-28-17-7-5-8-18(13-17)29-14-22(27)30-19-9-4-6-16(12-19)25-23-26-21(15-31-23)20-10-2-3-11-24-20/h2-13,15H,14H2,1H3,(H,25,26). The van der Waals surface area contributed by atoms with Crippen LogP contribution in [0.4, 0.5) is 10.8 Å². The molecule has 0 aliphatic rings. The average Bonchev–Trinajstić information content (AvgIpc) is 3.27. The van der Waals surface area contributed by atoms with Crippen molar-refractivity contribution in [3.8, 4) is 28.6 Å². The fraction of sp³-hybridized carbons (Fsp3) is 0.0870. The number of hydrogen-bond acceptors (Lipinski definition) is 8. The molecule has 0 amide bonds. The second kappa shape index (κ2) is 9.73. The van der Waals surface area contributed by atoms with Gasteiger partial charge in [-0.3, -0.25) is 4.98 Å². The van der Waals surface area contributed by atoms with Gasteiger partial charge in [-0.25, -0.2) is 9.78 Å². The van der Waals surface area contributed by atoms with Crippen molar-refractivity contribution in [3.05, 3.63) is 78.3 Å². The van der Waals surface area contributed by atoms with Crippen LogP contribution < -0.4 is 19.5 Å². The first-order valence-corrected chi connectivity index (χ1v) is 10.3. The number of pyridine rings is 1. The lowest BCUT2D eigenvalue weighted by molar-refractivity contribution is -0.136. The molecule has 0 atom stereocenters. The van der Waals surface area contributed by atoms with E-state index < -0.39 is 5.97 Å². The first kappa shape index (κ1) is 20.4. The largest absolute Gasteiger partial charge is 0.497 e. The van der Waals surface area contributed by atoms with Crippen LogP contribution in [0, 0.1) is 0 Å². The highest BCUT2D eigenvalue weighted by atomic mass is 32.1. The molecule has 2 aromatic heterocycles. The van der Waals surface area contributed by atoms with E-state index in [0.29, 0.717) is 22.4 Å². The lowest BCUT2D eigenvalue weighted by atomic mass is 10.3. The lowest BCUT2D eigenvalue weighted by Gasteiger charge is -2.09. The van der Waals surface area contributed by atoms with Gasteiger partial charge in [0, 0.05) is 29.4 Å². The summed E-state index contributed by atoms with van der Waals surface area (Å²) in [6.07, 6.45) is 1.73. The predicted octanol–water partition coefficient (Wildman–Crippen LogP) is 4.94. The number of thiazole rings is 1. The van der Waals surface area contributed by atoms with Gasteiger partial charge in [0.25, 0.3) is 0 Å². The Morgan fingerprint density at radius 2 is 1.81 bits per heavy atom. The highest BCUT2D eigenvalue weighted by Crippen LogP contribution is 2.27. The molecule has 1 N–H and O–H groups in total. The zero-order valence-electron chi connectivity index (χ0n) is 16.6. The number of hydrogen-bond donors (Lipinski definition) is 1. The molecule has 0 radical (unpaired) electrons. The van der Waals surface area contributed by atoms with Crippen molar-refractivity contribution in [2.45, 2.75) is 0 Å². The van der Waals surface area contributed by atoms with Crippen molar-refractivity contribution >= 4 is 28.1 Å². The predicted molar refractivity (Wildman–Crippen MR) is 119 cm³/mol. The molecule has 0 aliphatic carbocycles. The van der Waals surface area contributed by atoms with Crippen LogP contribution in [-0.2, 0) is 4.79 Å². The summed E-state index contributed by atoms with van der Waals surface area (Å²) in [5, 5.41) is 5.87. The Balaban J connectivity index is 1.35. The Labute approximate surface area is 183 Å². The summed E-state index contributed by atoms with van der Waals surface area (Å²) in [4.78, 5) is 21.0. The molecule has 4 aromatic rings. The molecule has 0 saturated heterocycles. The van der Waals surface area contributed by atoms with Crippen LogP contribution in [0.25, 0.3) is 11.4 Å². The molecule has 7 nitrogen and oxygen atoms in total. The van der Waals surface area contributed by atoms with E-state index in [-0.39, 0.29) is 6.61 Å². The average molecular weight is 433 g/mol. The van der Waals surface area contributed by atoms with Crippen LogP contribution >= 0.6 is 11.3 Å². The van der Waals surface area contributed by atoms with Crippen LogP contribution in [0.5, 0.6) is 17.2 Å². The third-order valence-corrected chi connectivity index (χ3v) is 4.90. The van der Waals surface area contributed by atoms with Crippen LogP contribution in [0.3, 0.4) is 0 Å². The molecule has 8 heteroatoms. The molecule has 0 bridgehead atoms. The fourth-order valence-electron chi connectivity index (χ4n) is 2.72. The topological polar surface area (TPSA) is 82.6 Å². The maximum absolute atomic E-state index is 12.2. The van der Waals surface area contributed by atoms with Crippen molar-refractivity contribution in [2.24, 2.45) is 0 Å². The Bertz CT molecular complexity index is 1160. The van der Waals surface area contributed by atoms with E-state index in [1.165, 1.54) is 11.3 Å². The third kappa shape index (κ3) is 5.58. The summed E-state index contributed by atoms with van der Waals surface area (Å²) < 4.78 is 16.0. The SMILES string of the molecule is COc1cccc(OCC(=O)Oc2cccc(Nc3nc(-c4ccccn4)cs3)c2)c1. The van der Waals surface area contributed by atoms with Crippen LogP contribution in [0.15, 0.2) is 78.3 Å². The highest BCUT2D eigenvalue weighted by Gasteiger charge is 2.09. The molecule has 0 fully saturated rings. The number of carbonyl (C=O) groups excluding carboxylic acids is 1.